The van der Waals surface area contributed by atoms with Crippen LogP contribution in [0.25, 0.3) is 0 Å². The molecule has 0 saturated carbocycles. The molecule has 0 atom stereocenters. The van der Waals surface area contributed by atoms with E-state index in [4.69, 9.17) is 27.9 Å². The van der Waals surface area contributed by atoms with E-state index in [2.05, 4.69) is 25.6 Å². The molecule has 2 N–H and O–H groups in total. The van der Waals surface area contributed by atoms with Gasteiger partial charge in [0, 0.05) is 31.0 Å². The number of halogens is 2. The number of nitrogens with one attached hydrogen (secondary N) is 2. The van der Waals surface area contributed by atoms with Crippen molar-refractivity contribution in [3.05, 3.63) is 58.9 Å². The van der Waals surface area contributed by atoms with Gasteiger partial charge in [-0.05, 0) is 31.5 Å². The van der Waals surface area contributed by atoms with Crippen LogP contribution in [0, 0.1) is 0 Å². The van der Waals surface area contributed by atoms with Crippen LogP contribution in [-0.2, 0) is 6.54 Å². The molecule has 1 amide bonds. The van der Waals surface area contributed by atoms with Crippen molar-refractivity contribution in [3.63, 3.8) is 0 Å². The average Bonchev–Trinajstić information content (AvgIpc) is 3.04. The Labute approximate surface area is 178 Å². The van der Waals surface area contributed by atoms with Crippen molar-refractivity contribution < 1.29 is 9.53 Å². The van der Waals surface area contributed by atoms with Crippen LogP contribution in [0.1, 0.15) is 23.8 Å². The lowest BCUT2D eigenvalue weighted by molar-refractivity contribution is 0.0947. The molecule has 8 nitrogen and oxygen atoms in total. The van der Waals surface area contributed by atoms with Crippen LogP contribution in [0.5, 0.6) is 5.75 Å². The lowest BCUT2D eigenvalue weighted by Crippen LogP contribution is -2.26. The minimum absolute atomic E-state index is 0.267. The van der Waals surface area contributed by atoms with E-state index in [1.165, 1.54) is 6.20 Å². The van der Waals surface area contributed by atoms with Gasteiger partial charge in [-0.25, -0.2) is 15.0 Å². The number of anilines is 2. The van der Waals surface area contributed by atoms with Crippen molar-refractivity contribution in [3.8, 4) is 5.75 Å². The lowest BCUT2D eigenvalue weighted by atomic mass is 10.3. The number of ether oxygens (including phenoxy) is 1. The first-order valence-corrected chi connectivity index (χ1v) is 9.79. The molecule has 0 radical (unpaired) electrons. The van der Waals surface area contributed by atoms with Crippen LogP contribution < -0.4 is 15.4 Å². The number of nitrogens with zero attached hydrogens (tertiary/aromatic N) is 4. The Hall–Kier alpha value is -2.84. The normalized spacial score (nSPS) is 10.6. The highest BCUT2D eigenvalue weighted by Gasteiger charge is 2.10. The van der Waals surface area contributed by atoms with Gasteiger partial charge in [-0.15, -0.1) is 0 Å². The van der Waals surface area contributed by atoms with E-state index in [9.17, 15) is 4.79 Å². The number of benzene rings is 1. The van der Waals surface area contributed by atoms with E-state index in [0.29, 0.717) is 37.2 Å². The maximum absolute atomic E-state index is 12.4. The number of hydrogen-bond acceptors (Lipinski definition) is 6. The van der Waals surface area contributed by atoms with Gasteiger partial charge in [-0.2, -0.15) is 0 Å². The summed E-state index contributed by atoms with van der Waals surface area (Å²) in [5.74, 6) is 0.782. The highest BCUT2D eigenvalue weighted by atomic mass is 35.5. The quantitative estimate of drug-likeness (QED) is 0.495. The number of carbonyl (C=O) groups is 1. The molecule has 0 bridgehead atoms. The van der Waals surface area contributed by atoms with Crippen LogP contribution in [-0.4, -0.2) is 38.6 Å². The van der Waals surface area contributed by atoms with E-state index < -0.39 is 0 Å². The Bertz CT molecular complexity index is 979. The van der Waals surface area contributed by atoms with Crippen molar-refractivity contribution in [2.45, 2.75) is 19.9 Å². The van der Waals surface area contributed by atoms with Crippen LogP contribution in [0.15, 0.2) is 42.9 Å². The summed E-state index contributed by atoms with van der Waals surface area (Å²) in [6.07, 6.45) is 3.76. The van der Waals surface area contributed by atoms with Gasteiger partial charge in [0.1, 0.15) is 16.6 Å². The van der Waals surface area contributed by atoms with Gasteiger partial charge in [-0.1, -0.05) is 29.3 Å². The highest BCUT2D eigenvalue weighted by molar-refractivity contribution is 6.40. The lowest BCUT2D eigenvalue weighted by Gasteiger charge is -2.09. The summed E-state index contributed by atoms with van der Waals surface area (Å²) < 4.78 is 7.20. The molecule has 0 saturated heterocycles. The Morgan fingerprint density at radius 2 is 2.10 bits per heavy atom. The fourth-order valence-electron chi connectivity index (χ4n) is 2.55. The Morgan fingerprint density at radius 3 is 2.86 bits per heavy atom. The standard InChI is InChI=1S/C19H20Cl2N6O2/c1-2-29-14-6-3-5-13(11-14)25-19-23-9-7-15(26-19)18(28)22-8-4-10-27-12-24-16(20)17(27)21/h3,5-7,9,11-12H,2,4,8,10H2,1H3,(H,22,28)(H,23,25,26). The molecule has 152 valence electrons. The van der Waals surface area contributed by atoms with Gasteiger partial charge in [0.25, 0.3) is 5.91 Å². The van der Waals surface area contributed by atoms with Gasteiger partial charge >= 0.3 is 0 Å². The number of imidazole rings is 1. The second-order valence-corrected chi connectivity index (χ2v) is 6.70. The first-order valence-electron chi connectivity index (χ1n) is 9.04. The van der Waals surface area contributed by atoms with Crippen molar-refractivity contribution in [1.82, 2.24) is 24.8 Å². The molecule has 0 unspecified atom stereocenters. The van der Waals surface area contributed by atoms with Crippen LogP contribution in [0.2, 0.25) is 10.3 Å². The fourth-order valence-corrected chi connectivity index (χ4v) is 2.87. The van der Waals surface area contributed by atoms with Crippen molar-refractivity contribution in [2.75, 3.05) is 18.5 Å². The van der Waals surface area contributed by atoms with E-state index in [0.717, 1.165) is 11.4 Å². The largest absolute Gasteiger partial charge is 0.494 e. The van der Waals surface area contributed by atoms with Gasteiger partial charge < -0.3 is 19.9 Å². The zero-order valence-electron chi connectivity index (χ0n) is 15.7. The van der Waals surface area contributed by atoms with Crippen molar-refractivity contribution in [2.24, 2.45) is 0 Å². The van der Waals surface area contributed by atoms with Gasteiger partial charge in [0.05, 0.1) is 12.9 Å². The van der Waals surface area contributed by atoms with Crippen LogP contribution >= 0.6 is 23.2 Å². The summed E-state index contributed by atoms with van der Waals surface area (Å²) >= 11 is 11.8. The molecule has 3 aromatic rings. The highest BCUT2D eigenvalue weighted by Crippen LogP contribution is 2.20. The molecule has 2 heterocycles. The molecule has 0 fully saturated rings. The zero-order chi connectivity index (χ0) is 20.6. The average molecular weight is 435 g/mol. The van der Waals surface area contributed by atoms with Gasteiger partial charge in [0.2, 0.25) is 5.95 Å². The van der Waals surface area contributed by atoms with E-state index in [1.807, 2.05) is 31.2 Å². The number of amides is 1. The molecule has 0 aliphatic heterocycles. The van der Waals surface area contributed by atoms with E-state index >= 15 is 0 Å². The molecular formula is C19H20Cl2N6O2. The topological polar surface area (TPSA) is 94.0 Å². The third-order valence-electron chi connectivity index (χ3n) is 3.88. The SMILES string of the molecule is CCOc1cccc(Nc2nccc(C(=O)NCCCn3cnc(Cl)c3Cl)n2)c1. The predicted molar refractivity (Wildman–Crippen MR) is 112 cm³/mol. The summed E-state index contributed by atoms with van der Waals surface area (Å²) in [4.78, 5) is 24.7. The predicted octanol–water partition coefficient (Wildman–Crippen LogP) is 3.94. The summed E-state index contributed by atoms with van der Waals surface area (Å²) in [6, 6.07) is 9.00. The Morgan fingerprint density at radius 1 is 1.24 bits per heavy atom. The first kappa shape index (κ1) is 20.9. The molecule has 0 aliphatic rings. The molecule has 10 heteroatoms. The Kier molecular flexibility index (Phi) is 7.26. The zero-order valence-corrected chi connectivity index (χ0v) is 17.2. The second kappa shape index (κ2) is 10.1. The van der Waals surface area contributed by atoms with Crippen LogP contribution in [0.3, 0.4) is 0 Å². The van der Waals surface area contributed by atoms with Crippen LogP contribution in [0.4, 0.5) is 11.6 Å². The number of hydrogen-bond donors (Lipinski definition) is 2. The van der Waals surface area contributed by atoms with E-state index in [1.54, 1.807) is 17.0 Å². The molecule has 3 rings (SSSR count). The fraction of sp³-hybridized carbons (Fsp3) is 0.263. The minimum atomic E-state index is -0.284. The maximum atomic E-state index is 12.4. The molecule has 0 aliphatic carbocycles. The molecule has 2 aromatic heterocycles. The number of aryl methyl sites for hydroxylation is 1. The van der Waals surface area contributed by atoms with Crippen molar-refractivity contribution >= 4 is 40.7 Å². The summed E-state index contributed by atoms with van der Waals surface area (Å²) in [7, 11) is 0. The molecule has 0 spiro atoms. The summed E-state index contributed by atoms with van der Waals surface area (Å²) in [5, 5.41) is 6.56. The first-order chi connectivity index (χ1) is 14.1. The monoisotopic (exact) mass is 434 g/mol. The summed E-state index contributed by atoms with van der Waals surface area (Å²) in [6.45, 7) is 3.54. The maximum Gasteiger partial charge on any atom is 0.270 e. The number of rotatable bonds is 9. The molecule has 1 aromatic carbocycles. The minimum Gasteiger partial charge on any atom is -0.494 e. The van der Waals surface area contributed by atoms with Gasteiger partial charge in [0.15, 0.2) is 5.15 Å². The second-order valence-electron chi connectivity index (χ2n) is 5.98. The Balaban J connectivity index is 1.53. The van der Waals surface area contributed by atoms with Crippen molar-refractivity contribution in [1.29, 1.82) is 0 Å². The third kappa shape index (κ3) is 5.82. The third-order valence-corrected chi connectivity index (χ3v) is 4.65. The smallest absolute Gasteiger partial charge is 0.270 e. The van der Waals surface area contributed by atoms with Gasteiger partial charge in [-0.3, -0.25) is 4.79 Å². The molecule has 29 heavy (non-hydrogen) atoms. The van der Waals surface area contributed by atoms with E-state index in [-0.39, 0.29) is 16.8 Å². The molecular weight excluding hydrogens is 415 g/mol. The number of aromatic nitrogens is 4. The summed E-state index contributed by atoms with van der Waals surface area (Å²) in [5.41, 5.74) is 1.04. The number of carbonyl (C=O) groups excluding carboxylic acids is 1.